The summed E-state index contributed by atoms with van der Waals surface area (Å²) in [5, 5.41) is 12.3. The second kappa shape index (κ2) is 8.49. The first-order valence-corrected chi connectivity index (χ1v) is 11.1. The lowest BCUT2D eigenvalue weighted by Crippen LogP contribution is -2.17. The Hall–Kier alpha value is -4.02. The maximum Gasteiger partial charge on any atom is 0.337 e. The number of carbonyl (C=O) groups is 2. The molecule has 8 nitrogen and oxygen atoms in total. The summed E-state index contributed by atoms with van der Waals surface area (Å²) < 4.78 is 40.8. The summed E-state index contributed by atoms with van der Waals surface area (Å²) in [6.45, 7) is 0.134. The van der Waals surface area contributed by atoms with Crippen molar-refractivity contribution < 1.29 is 27.5 Å². The summed E-state index contributed by atoms with van der Waals surface area (Å²) >= 11 is 0. The molecule has 4 aromatic rings. The molecule has 1 amide bonds. The van der Waals surface area contributed by atoms with Gasteiger partial charge in [-0.2, -0.15) is 0 Å². The highest BCUT2D eigenvalue weighted by Crippen LogP contribution is 2.24. The van der Waals surface area contributed by atoms with Crippen LogP contribution in [0.15, 0.2) is 77.8 Å². The average molecular weight is 467 g/mol. The van der Waals surface area contributed by atoms with Crippen molar-refractivity contribution in [2.24, 2.45) is 5.73 Å². The molecule has 0 unspecified atom stereocenters. The van der Waals surface area contributed by atoms with Gasteiger partial charge in [0.15, 0.2) is 0 Å². The lowest BCUT2D eigenvalue weighted by atomic mass is 10.1. The highest BCUT2D eigenvalue weighted by Gasteiger charge is 2.21. The molecule has 0 aliphatic carbocycles. The normalized spacial score (nSPS) is 11.5. The summed E-state index contributed by atoms with van der Waals surface area (Å²) in [7, 11) is -4.09. The van der Waals surface area contributed by atoms with E-state index in [1.165, 1.54) is 60.8 Å². The average Bonchev–Trinajstić information content (AvgIpc) is 3.23. The minimum absolute atomic E-state index is 0.0119. The van der Waals surface area contributed by atoms with E-state index in [2.05, 4.69) is 5.32 Å². The monoisotopic (exact) mass is 467 g/mol. The molecule has 0 saturated carbocycles. The van der Waals surface area contributed by atoms with Crippen molar-refractivity contribution in [2.45, 2.75) is 11.4 Å². The molecule has 0 aliphatic rings. The molecule has 0 spiro atoms. The highest BCUT2D eigenvalue weighted by molar-refractivity contribution is 7.90. The molecule has 1 heterocycles. The molecule has 4 rings (SSSR count). The first kappa shape index (κ1) is 22.2. The number of rotatable bonds is 6. The number of carbonyl (C=O) groups excluding carboxylic acids is 1. The number of carboxylic acids is 1. The Morgan fingerprint density at radius 2 is 1.82 bits per heavy atom. The van der Waals surface area contributed by atoms with E-state index in [0.717, 1.165) is 10.0 Å². The minimum atomic E-state index is -4.09. The van der Waals surface area contributed by atoms with Crippen molar-refractivity contribution in [3.05, 3.63) is 95.4 Å². The number of hydrogen-bond acceptors (Lipinski definition) is 5. The van der Waals surface area contributed by atoms with Crippen molar-refractivity contribution in [3.8, 4) is 0 Å². The number of halogens is 1. The smallest absolute Gasteiger partial charge is 0.337 e. The molecule has 33 heavy (non-hydrogen) atoms. The van der Waals surface area contributed by atoms with Gasteiger partial charge in [-0.25, -0.2) is 21.6 Å². The van der Waals surface area contributed by atoms with Gasteiger partial charge in [0.25, 0.3) is 15.9 Å². The predicted octanol–water partition coefficient (Wildman–Crippen LogP) is 3.43. The fraction of sp³-hybridized carbons (Fsp3) is 0.0435. The molecule has 0 aliphatic heterocycles. The first-order chi connectivity index (χ1) is 15.7. The molecule has 3 aromatic carbocycles. The quantitative estimate of drug-likeness (QED) is 0.398. The van der Waals surface area contributed by atoms with E-state index in [4.69, 9.17) is 5.73 Å². The van der Waals surface area contributed by atoms with Crippen LogP contribution in [0.1, 0.15) is 26.3 Å². The van der Waals surface area contributed by atoms with E-state index in [1.54, 1.807) is 6.07 Å². The molecule has 168 valence electrons. The Morgan fingerprint density at radius 1 is 1.03 bits per heavy atom. The van der Waals surface area contributed by atoms with Crippen molar-refractivity contribution in [2.75, 3.05) is 5.32 Å². The van der Waals surface area contributed by atoms with E-state index in [-0.39, 0.29) is 33.8 Å². The summed E-state index contributed by atoms with van der Waals surface area (Å²) in [4.78, 5) is 24.2. The van der Waals surface area contributed by atoms with Gasteiger partial charge in [-0.15, -0.1) is 0 Å². The molecule has 0 atom stereocenters. The summed E-state index contributed by atoms with van der Waals surface area (Å²) in [5.41, 5.74) is 6.34. The maximum atomic E-state index is 13.5. The number of hydrogen-bond donors (Lipinski definition) is 3. The zero-order chi connectivity index (χ0) is 23.8. The van der Waals surface area contributed by atoms with E-state index < -0.39 is 27.7 Å². The molecule has 4 N–H and O–H groups in total. The number of benzene rings is 3. The summed E-state index contributed by atoms with van der Waals surface area (Å²) in [6.07, 6.45) is 1.31. The standard InChI is InChI=1S/C23H18FN3O5S/c24-17-5-7-21-15(11-17)8-9-27(21)33(31,32)18-3-1-2-16(12-18)22(28)26-20-6-4-14(13-25)10-19(20)23(29)30/h1-12H,13,25H2,(H,26,28)(H,29,30). The Bertz CT molecular complexity index is 1510. The van der Waals surface area contributed by atoms with Crippen LogP contribution in [0, 0.1) is 5.82 Å². The van der Waals surface area contributed by atoms with Gasteiger partial charge in [0.05, 0.1) is 21.7 Å². The van der Waals surface area contributed by atoms with Crippen molar-refractivity contribution in [1.29, 1.82) is 0 Å². The van der Waals surface area contributed by atoms with Gasteiger partial charge in [0.1, 0.15) is 5.82 Å². The maximum absolute atomic E-state index is 13.5. The van der Waals surface area contributed by atoms with Crippen LogP contribution in [0.2, 0.25) is 0 Å². The summed E-state index contributed by atoms with van der Waals surface area (Å²) in [5.74, 6) is -2.42. The van der Waals surface area contributed by atoms with Gasteiger partial charge >= 0.3 is 5.97 Å². The van der Waals surface area contributed by atoms with Gasteiger partial charge in [0, 0.05) is 23.7 Å². The van der Waals surface area contributed by atoms with Gasteiger partial charge in [0.2, 0.25) is 0 Å². The molecule has 1 aromatic heterocycles. The lowest BCUT2D eigenvalue weighted by Gasteiger charge is -2.12. The molecule has 0 fully saturated rings. The number of nitrogens with two attached hydrogens (primary N) is 1. The number of anilines is 1. The topological polar surface area (TPSA) is 131 Å². The zero-order valence-electron chi connectivity index (χ0n) is 17.0. The van der Waals surface area contributed by atoms with Crippen LogP contribution in [-0.2, 0) is 16.6 Å². The number of nitrogens with one attached hydrogen (secondary N) is 1. The van der Waals surface area contributed by atoms with Crippen LogP contribution < -0.4 is 11.1 Å². The number of carboxylic acid groups (broad SMARTS) is 1. The molecular weight excluding hydrogens is 449 g/mol. The van der Waals surface area contributed by atoms with Crippen LogP contribution in [0.3, 0.4) is 0 Å². The van der Waals surface area contributed by atoms with Gasteiger partial charge in [-0.3, -0.25) is 4.79 Å². The fourth-order valence-corrected chi connectivity index (χ4v) is 4.81. The minimum Gasteiger partial charge on any atom is -0.478 e. The van der Waals surface area contributed by atoms with E-state index in [0.29, 0.717) is 10.9 Å². The number of aromatic nitrogens is 1. The van der Waals surface area contributed by atoms with Crippen LogP contribution in [0.4, 0.5) is 10.1 Å². The van der Waals surface area contributed by atoms with Crippen molar-refractivity contribution >= 4 is 38.5 Å². The van der Waals surface area contributed by atoms with E-state index in [1.807, 2.05) is 0 Å². The number of amides is 1. The van der Waals surface area contributed by atoms with Gasteiger partial charge < -0.3 is 16.2 Å². The van der Waals surface area contributed by atoms with Crippen LogP contribution >= 0.6 is 0 Å². The first-order valence-electron chi connectivity index (χ1n) is 9.70. The van der Waals surface area contributed by atoms with Crippen LogP contribution in [0.25, 0.3) is 10.9 Å². The second-order valence-electron chi connectivity index (χ2n) is 7.19. The Balaban J connectivity index is 1.68. The third kappa shape index (κ3) is 4.21. The number of nitrogens with zero attached hydrogens (tertiary/aromatic N) is 1. The van der Waals surface area contributed by atoms with Gasteiger partial charge in [-0.05, 0) is 60.2 Å². The summed E-state index contributed by atoms with van der Waals surface area (Å²) in [6, 6.07) is 14.9. The zero-order valence-corrected chi connectivity index (χ0v) is 17.8. The fourth-order valence-electron chi connectivity index (χ4n) is 3.41. The number of fused-ring (bicyclic) bond motifs is 1. The molecule has 0 saturated heterocycles. The number of aromatic carboxylic acids is 1. The van der Waals surface area contributed by atoms with E-state index >= 15 is 0 Å². The van der Waals surface area contributed by atoms with Crippen molar-refractivity contribution in [1.82, 2.24) is 3.97 Å². The van der Waals surface area contributed by atoms with Crippen LogP contribution in [-0.4, -0.2) is 29.4 Å². The molecule has 10 heteroatoms. The Morgan fingerprint density at radius 3 is 2.55 bits per heavy atom. The van der Waals surface area contributed by atoms with Gasteiger partial charge in [-0.1, -0.05) is 12.1 Å². The Labute approximate surface area is 188 Å². The third-order valence-corrected chi connectivity index (χ3v) is 6.75. The third-order valence-electron chi connectivity index (χ3n) is 5.07. The second-order valence-corrected chi connectivity index (χ2v) is 9.01. The largest absolute Gasteiger partial charge is 0.478 e. The van der Waals surface area contributed by atoms with Crippen LogP contribution in [0.5, 0.6) is 0 Å². The molecule has 0 bridgehead atoms. The van der Waals surface area contributed by atoms with Crippen molar-refractivity contribution in [3.63, 3.8) is 0 Å². The lowest BCUT2D eigenvalue weighted by molar-refractivity contribution is 0.0698. The van der Waals surface area contributed by atoms with E-state index in [9.17, 15) is 27.5 Å². The molecular formula is C23H18FN3O5S. The Kier molecular flexibility index (Phi) is 5.71. The SMILES string of the molecule is NCc1ccc(NC(=O)c2cccc(S(=O)(=O)n3ccc4cc(F)ccc43)c2)c(C(=O)O)c1. The highest BCUT2D eigenvalue weighted by atomic mass is 32.2. The molecule has 0 radical (unpaired) electrons. The predicted molar refractivity (Wildman–Crippen MR) is 120 cm³/mol.